The fourth-order valence-corrected chi connectivity index (χ4v) is 1.86. The second-order valence-electron chi connectivity index (χ2n) is 4.41. The topological polar surface area (TPSA) is 43.8 Å². The minimum atomic E-state index is -4.35. The molecule has 3 nitrogen and oxygen atoms in total. The van der Waals surface area contributed by atoms with E-state index in [1.165, 1.54) is 6.07 Å². The Balaban J connectivity index is 2.17. The predicted octanol–water partition coefficient (Wildman–Crippen LogP) is 2.68. The normalized spacial score (nSPS) is 13.5. The molecule has 6 heteroatoms. The monoisotopic (exact) mass is 269 g/mol. The lowest BCUT2D eigenvalue weighted by Crippen LogP contribution is -2.15. The number of halogens is 3. The van der Waals surface area contributed by atoms with Crippen LogP contribution in [-0.2, 0) is 19.6 Å². The van der Waals surface area contributed by atoms with Gasteiger partial charge < -0.3 is 5.73 Å². The fourth-order valence-electron chi connectivity index (χ4n) is 1.86. The van der Waals surface area contributed by atoms with E-state index in [2.05, 4.69) is 5.10 Å². The highest BCUT2D eigenvalue weighted by Crippen LogP contribution is 2.30. The lowest BCUT2D eigenvalue weighted by Gasteiger charge is -2.13. The van der Waals surface area contributed by atoms with Crippen molar-refractivity contribution in [1.82, 2.24) is 9.78 Å². The van der Waals surface area contributed by atoms with Crippen LogP contribution in [-0.4, -0.2) is 9.78 Å². The Bertz CT molecular complexity index is 560. The van der Waals surface area contributed by atoms with Gasteiger partial charge in [-0.1, -0.05) is 12.1 Å². The second-order valence-corrected chi connectivity index (χ2v) is 4.41. The van der Waals surface area contributed by atoms with E-state index in [9.17, 15) is 13.2 Å². The molecule has 0 radical (unpaired) electrons. The van der Waals surface area contributed by atoms with Crippen molar-refractivity contribution in [2.24, 2.45) is 12.8 Å². The zero-order valence-corrected chi connectivity index (χ0v) is 10.4. The van der Waals surface area contributed by atoms with Crippen LogP contribution in [0.1, 0.15) is 22.9 Å². The van der Waals surface area contributed by atoms with Crippen LogP contribution in [0.3, 0.4) is 0 Å². The number of aromatic nitrogens is 2. The largest absolute Gasteiger partial charge is 0.416 e. The Morgan fingerprint density at radius 2 is 2.05 bits per heavy atom. The number of rotatable bonds is 3. The van der Waals surface area contributed by atoms with Gasteiger partial charge in [-0.25, -0.2) is 0 Å². The maximum atomic E-state index is 12.6. The van der Waals surface area contributed by atoms with Crippen LogP contribution < -0.4 is 5.73 Å². The molecule has 1 atom stereocenters. The van der Waals surface area contributed by atoms with Crippen molar-refractivity contribution in [3.63, 3.8) is 0 Å². The highest BCUT2D eigenvalue weighted by molar-refractivity contribution is 5.28. The molecule has 1 aromatic carbocycles. The Kier molecular flexibility index (Phi) is 3.61. The van der Waals surface area contributed by atoms with Gasteiger partial charge in [0.05, 0.1) is 11.3 Å². The first kappa shape index (κ1) is 13.6. The molecule has 0 aliphatic heterocycles. The third-order valence-electron chi connectivity index (χ3n) is 2.84. The zero-order chi connectivity index (χ0) is 14.0. The summed E-state index contributed by atoms with van der Waals surface area (Å²) in [4.78, 5) is 0. The van der Waals surface area contributed by atoms with Crippen LogP contribution in [0.15, 0.2) is 36.5 Å². The lowest BCUT2D eigenvalue weighted by atomic mass is 10.0. The fraction of sp³-hybridized carbons (Fsp3) is 0.308. The van der Waals surface area contributed by atoms with Gasteiger partial charge in [0.15, 0.2) is 0 Å². The van der Waals surface area contributed by atoms with Gasteiger partial charge >= 0.3 is 6.18 Å². The summed E-state index contributed by atoms with van der Waals surface area (Å²) in [6.45, 7) is 0. The van der Waals surface area contributed by atoms with E-state index in [0.717, 1.165) is 17.8 Å². The molecule has 1 heterocycles. The molecule has 19 heavy (non-hydrogen) atoms. The summed E-state index contributed by atoms with van der Waals surface area (Å²) < 4.78 is 39.4. The first-order chi connectivity index (χ1) is 8.86. The SMILES string of the molecule is Cn1ccc(CC(N)c2cccc(C(F)(F)F)c2)n1. The van der Waals surface area contributed by atoms with E-state index in [0.29, 0.717) is 12.0 Å². The van der Waals surface area contributed by atoms with Gasteiger partial charge in [0.2, 0.25) is 0 Å². The summed E-state index contributed by atoms with van der Waals surface area (Å²) in [5.74, 6) is 0. The van der Waals surface area contributed by atoms with Gasteiger partial charge in [0, 0.05) is 25.7 Å². The number of nitrogens with zero attached hydrogens (tertiary/aromatic N) is 2. The van der Waals surface area contributed by atoms with Crippen molar-refractivity contribution in [2.45, 2.75) is 18.6 Å². The van der Waals surface area contributed by atoms with Crippen molar-refractivity contribution in [1.29, 1.82) is 0 Å². The molecule has 0 spiro atoms. The van der Waals surface area contributed by atoms with E-state index in [1.807, 2.05) is 0 Å². The smallest absolute Gasteiger partial charge is 0.324 e. The van der Waals surface area contributed by atoms with Crippen LogP contribution in [0.25, 0.3) is 0 Å². The molecular weight excluding hydrogens is 255 g/mol. The van der Waals surface area contributed by atoms with Gasteiger partial charge in [-0.15, -0.1) is 0 Å². The Labute approximate surface area is 108 Å². The summed E-state index contributed by atoms with van der Waals surface area (Å²) in [7, 11) is 1.78. The molecule has 0 amide bonds. The Morgan fingerprint density at radius 1 is 1.32 bits per heavy atom. The highest BCUT2D eigenvalue weighted by Gasteiger charge is 2.30. The average Bonchev–Trinajstić information content (AvgIpc) is 2.74. The van der Waals surface area contributed by atoms with Crippen LogP contribution >= 0.6 is 0 Å². The van der Waals surface area contributed by atoms with Gasteiger partial charge in [-0.2, -0.15) is 18.3 Å². The number of hydrogen-bond acceptors (Lipinski definition) is 2. The number of benzene rings is 1. The number of aryl methyl sites for hydroxylation is 1. The number of nitrogens with two attached hydrogens (primary N) is 1. The van der Waals surface area contributed by atoms with Crippen molar-refractivity contribution in [3.8, 4) is 0 Å². The predicted molar refractivity (Wildman–Crippen MR) is 65.3 cm³/mol. The van der Waals surface area contributed by atoms with Gasteiger partial charge in [-0.05, 0) is 23.8 Å². The van der Waals surface area contributed by atoms with Gasteiger partial charge in [0.25, 0.3) is 0 Å². The summed E-state index contributed by atoms with van der Waals surface area (Å²) in [5, 5.41) is 4.16. The maximum Gasteiger partial charge on any atom is 0.416 e. The Morgan fingerprint density at radius 3 is 2.63 bits per heavy atom. The molecule has 2 aromatic rings. The number of hydrogen-bond donors (Lipinski definition) is 1. The second kappa shape index (κ2) is 5.05. The molecule has 1 aromatic heterocycles. The van der Waals surface area contributed by atoms with E-state index in [4.69, 9.17) is 5.73 Å². The van der Waals surface area contributed by atoms with E-state index < -0.39 is 17.8 Å². The lowest BCUT2D eigenvalue weighted by molar-refractivity contribution is -0.137. The van der Waals surface area contributed by atoms with E-state index in [-0.39, 0.29) is 0 Å². The molecule has 102 valence electrons. The molecule has 0 aliphatic rings. The third-order valence-corrected chi connectivity index (χ3v) is 2.84. The van der Waals surface area contributed by atoms with Crippen molar-refractivity contribution in [2.75, 3.05) is 0 Å². The molecule has 0 saturated heterocycles. The average molecular weight is 269 g/mol. The molecule has 0 aliphatic carbocycles. The molecule has 0 saturated carbocycles. The first-order valence-electron chi connectivity index (χ1n) is 5.77. The number of alkyl halides is 3. The standard InChI is InChI=1S/C13H14F3N3/c1-19-6-5-11(18-19)8-12(17)9-3-2-4-10(7-9)13(14,15)16/h2-7,12H,8,17H2,1H3. The van der Waals surface area contributed by atoms with Crippen LogP contribution in [0, 0.1) is 0 Å². The highest BCUT2D eigenvalue weighted by atomic mass is 19.4. The quantitative estimate of drug-likeness (QED) is 0.931. The van der Waals surface area contributed by atoms with Crippen molar-refractivity contribution < 1.29 is 13.2 Å². The zero-order valence-electron chi connectivity index (χ0n) is 10.4. The van der Waals surface area contributed by atoms with Crippen molar-refractivity contribution >= 4 is 0 Å². The van der Waals surface area contributed by atoms with E-state index >= 15 is 0 Å². The molecule has 0 bridgehead atoms. The molecule has 1 unspecified atom stereocenters. The minimum absolute atomic E-state index is 0.405. The molecule has 0 fully saturated rings. The van der Waals surface area contributed by atoms with Gasteiger partial charge in [-0.3, -0.25) is 4.68 Å². The van der Waals surface area contributed by atoms with Crippen LogP contribution in [0.5, 0.6) is 0 Å². The summed E-state index contributed by atoms with van der Waals surface area (Å²) in [6, 6.07) is 6.40. The molecular formula is C13H14F3N3. The summed E-state index contributed by atoms with van der Waals surface area (Å²) in [5.41, 5.74) is 6.47. The molecule has 2 rings (SSSR count). The maximum absolute atomic E-state index is 12.6. The minimum Gasteiger partial charge on any atom is -0.324 e. The van der Waals surface area contributed by atoms with E-state index in [1.54, 1.807) is 30.1 Å². The first-order valence-corrected chi connectivity index (χ1v) is 5.77. The van der Waals surface area contributed by atoms with Crippen LogP contribution in [0.2, 0.25) is 0 Å². The molecule has 2 N–H and O–H groups in total. The third kappa shape index (κ3) is 3.35. The Hall–Kier alpha value is -1.82. The summed E-state index contributed by atoms with van der Waals surface area (Å²) >= 11 is 0. The van der Waals surface area contributed by atoms with Crippen LogP contribution in [0.4, 0.5) is 13.2 Å². The van der Waals surface area contributed by atoms with Crippen molar-refractivity contribution in [3.05, 3.63) is 53.3 Å². The summed E-state index contributed by atoms with van der Waals surface area (Å²) in [6.07, 6.45) is -2.17. The van der Waals surface area contributed by atoms with Gasteiger partial charge in [0.1, 0.15) is 0 Å².